The van der Waals surface area contributed by atoms with Crippen molar-refractivity contribution in [3.05, 3.63) is 87.6 Å². The van der Waals surface area contributed by atoms with Gasteiger partial charge in [-0.3, -0.25) is 14.4 Å². The van der Waals surface area contributed by atoms with Gasteiger partial charge >= 0.3 is 0 Å². The van der Waals surface area contributed by atoms with Crippen molar-refractivity contribution in [2.24, 2.45) is 0 Å². The molecular weight excluding hydrogens is 414 g/mol. The molecule has 0 aliphatic rings. The van der Waals surface area contributed by atoms with Gasteiger partial charge in [-0.05, 0) is 56.2 Å². The zero-order valence-electron chi connectivity index (χ0n) is 19.3. The Hall–Kier alpha value is -3.93. The fourth-order valence-corrected chi connectivity index (χ4v) is 4.36. The second kappa shape index (κ2) is 8.90. The Morgan fingerprint density at radius 2 is 1.39 bits per heavy atom. The number of benzene rings is 3. The summed E-state index contributed by atoms with van der Waals surface area (Å²) in [5.41, 5.74) is 5.22. The van der Waals surface area contributed by atoms with Crippen molar-refractivity contribution in [1.82, 2.24) is 9.47 Å². The molecule has 168 valence electrons. The molecule has 33 heavy (non-hydrogen) atoms. The number of carbonyl (C=O) groups is 2. The molecule has 0 radical (unpaired) electrons. The maximum absolute atomic E-state index is 13.1. The van der Waals surface area contributed by atoms with Gasteiger partial charge in [0.05, 0.1) is 17.6 Å². The van der Waals surface area contributed by atoms with Crippen LogP contribution in [-0.4, -0.2) is 34.9 Å². The molecule has 4 rings (SSSR count). The number of nitrogens with one attached hydrogen (secondary N) is 1. The molecule has 6 nitrogen and oxygen atoms in total. The van der Waals surface area contributed by atoms with Crippen LogP contribution >= 0.6 is 0 Å². The number of nitrogens with zero attached hydrogens (tertiary/aromatic N) is 2. The molecule has 4 aromatic rings. The standard InChI is InChI=1S/C27H27N3O3/c1-17-13-18(2)26(19(3)14-17)28-24(31)15-29(4)25(32)16-30-22-11-7-5-9-20(22)27(33)21-10-6-8-12-23(21)30/h5-14H,15-16H2,1-4H3,(H,28,31). The Labute approximate surface area is 192 Å². The quantitative estimate of drug-likeness (QED) is 0.473. The highest BCUT2D eigenvalue weighted by molar-refractivity contribution is 5.97. The van der Waals surface area contributed by atoms with E-state index in [-0.39, 0.29) is 30.3 Å². The highest BCUT2D eigenvalue weighted by Crippen LogP contribution is 2.22. The summed E-state index contributed by atoms with van der Waals surface area (Å²) in [6, 6.07) is 18.6. The fraction of sp³-hybridized carbons (Fsp3) is 0.222. The van der Waals surface area contributed by atoms with Crippen LogP contribution in [0.15, 0.2) is 65.5 Å². The van der Waals surface area contributed by atoms with E-state index < -0.39 is 0 Å². The van der Waals surface area contributed by atoms with E-state index in [4.69, 9.17) is 0 Å². The van der Waals surface area contributed by atoms with E-state index in [1.54, 1.807) is 19.2 Å². The van der Waals surface area contributed by atoms with Crippen LogP contribution in [0.2, 0.25) is 0 Å². The Balaban J connectivity index is 1.58. The van der Waals surface area contributed by atoms with Crippen molar-refractivity contribution in [3.8, 4) is 0 Å². The molecule has 0 spiro atoms. The first-order valence-electron chi connectivity index (χ1n) is 10.9. The number of hydrogen-bond acceptors (Lipinski definition) is 3. The summed E-state index contributed by atoms with van der Waals surface area (Å²) < 4.78 is 1.84. The van der Waals surface area contributed by atoms with Gasteiger partial charge in [0.2, 0.25) is 11.8 Å². The molecule has 0 atom stereocenters. The third-order valence-corrected chi connectivity index (χ3v) is 5.92. The van der Waals surface area contributed by atoms with Crippen LogP contribution in [0.1, 0.15) is 16.7 Å². The maximum atomic E-state index is 13.1. The predicted molar refractivity (Wildman–Crippen MR) is 133 cm³/mol. The Morgan fingerprint density at radius 3 is 1.94 bits per heavy atom. The third kappa shape index (κ3) is 4.37. The van der Waals surface area contributed by atoms with Gasteiger partial charge < -0.3 is 14.8 Å². The number of likely N-dealkylation sites (N-methyl/N-ethyl adjacent to an activating group) is 1. The second-order valence-corrected chi connectivity index (χ2v) is 8.52. The predicted octanol–water partition coefficient (Wildman–Crippen LogP) is 4.18. The van der Waals surface area contributed by atoms with Gasteiger partial charge in [0.25, 0.3) is 0 Å². The minimum Gasteiger partial charge on any atom is -0.335 e. The molecule has 6 heteroatoms. The van der Waals surface area contributed by atoms with Gasteiger partial charge in [-0.2, -0.15) is 0 Å². The van der Waals surface area contributed by atoms with Crippen molar-refractivity contribution in [2.45, 2.75) is 27.3 Å². The van der Waals surface area contributed by atoms with Crippen LogP contribution in [0.4, 0.5) is 5.69 Å². The molecule has 1 N–H and O–H groups in total. The van der Waals surface area contributed by atoms with Gasteiger partial charge in [0, 0.05) is 23.5 Å². The molecule has 0 bridgehead atoms. The molecule has 0 aliphatic carbocycles. The molecular formula is C27H27N3O3. The first kappa shape index (κ1) is 22.3. The van der Waals surface area contributed by atoms with E-state index in [2.05, 4.69) is 5.32 Å². The molecule has 0 unspecified atom stereocenters. The molecule has 0 saturated carbocycles. The number of fused-ring (bicyclic) bond motifs is 2. The number of anilines is 1. The number of rotatable bonds is 5. The second-order valence-electron chi connectivity index (χ2n) is 8.52. The van der Waals surface area contributed by atoms with Crippen LogP contribution in [-0.2, 0) is 16.1 Å². The largest absolute Gasteiger partial charge is 0.335 e. The summed E-state index contributed by atoms with van der Waals surface area (Å²) in [6.07, 6.45) is 0. The van der Waals surface area contributed by atoms with Crippen LogP contribution in [0, 0.1) is 20.8 Å². The first-order valence-corrected chi connectivity index (χ1v) is 10.9. The van der Waals surface area contributed by atoms with Crippen LogP contribution in [0.25, 0.3) is 21.8 Å². The van der Waals surface area contributed by atoms with Gasteiger partial charge in [0.1, 0.15) is 6.54 Å². The molecule has 1 aromatic heterocycles. The number of hydrogen-bond donors (Lipinski definition) is 1. The van der Waals surface area contributed by atoms with Crippen molar-refractivity contribution in [1.29, 1.82) is 0 Å². The van der Waals surface area contributed by atoms with E-state index >= 15 is 0 Å². The molecule has 1 heterocycles. The number of amides is 2. The topological polar surface area (TPSA) is 71.4 Å². The van der Waals surface area contributed by atoms with Crippen molar-refractivity contribution < 1.29 is 9.59 Å². The highest BCUT2D eigenvalue weighted by Gasteiger charge is 2.18. The van der Waals surface area contributed by atoms with Gasteiger partial charge in [-0.1, -0.05) is 42.0 Å². The lowest BCUT2D eigenvalue weighted by atomic mass is 10.1. The van der Waals surface area contributed by atoms with Crippen molar-refractivity contribution >= 4 is 39.3 Å². The average Bonchev–Trinajstić information content (AvgIpc) is 2.79. The Bertz CT molecular complexity index is 1370. The first-order chi connectivity index (χ1) is 15.8. The zero-order valence-corrected chi connectivity index (χ0v) is 19.3. The molecule has 2 amide bonds. The smallest absolute Gasteiger partial charge is 0.243 e. The SMILES string of the molecule is Cc1cc(C)c(NC(=O)CN(C)C(=O)Cn2c3ccccc3c(=O)c3ccccc32)c(C)c1. The Morgan fingerprint density at radius 1 is 0.879 bits per heavy atom. The molecule has 3 aromatic carbocycles. The zero-order chi connectivity index (χ0) is 23.7. The van der Waals surface area contributed by atoms with Gasteiger partial charge in [-0.25, -0.2) is 0 Å². The monoisotopic (exact) mass is 441 g/mol. The minimum absolute atomic E-state index is 0.0215. The summed E-state index contributed by atoms with van der Waals surface area (Å²) in [5.74, 6) is -0.475. The number of pyridine rings is 1. The van der Waals surface area contributed by atoms with Gasteiger partial charge in [0.15, 0.2) is 5.43 Å². The number of para-hydroxylation sites is 2. The van der Waals surface area contributed by atoms with Crippen LogP contribution < -0.4 is 10.7 Å². The number of carbonyl (C=O) groups excluding carboxylic acids is 2. The number of aromatic nitrogens is 1. The van der Waals surface area contributed by atoms with E-state index in [0.717, 1.165) is 22.4 Å². The summed E-state index contributed by atoms with van der Waals surface area (Å²) in [4.78, 5) is 40.1. The normalized spacial score (nSPS) is 11.0. The summed E-state index contributed by atoms with van der Waals surface area (Å²) >= 11 is 0. The molecule has 0 aliphatic heterocycles. The van der Waals surface area contributed by atoms with E-state index in [1.165, 1.54) is 4.90 Å². The lowest BCUT2D eigenvalue weighted by Gasteiger charge is -2.21. The third-order valence-electron chi connectivity index (χ3n) is 5.92. The Kier molecular flexibility index (Phi) is 6.01. The minimum atomic E-state index is -0.254. The van der Waals surface area contributed by atoms with Crippen molar-refractivity contribution in [3.63, 3.8) is 0 Å². The van der Waals surface area contributed by atoms with Crippen molar-refractivity contribution in [2.75, 3.05) is 18.9 Å². The lowest BCUT2D eigenvalue weighted by molar-refractivity contribution is -0.133. The summed E-state index contributed by atoms with van der Waals surface area (Å²) in [5, 5.41) is 4.07. The average molecular weight is 442 g/mol. The van der Waals surface area contributed by atoms with E-state index in [9.17, 15) is 14.4 Å². The van der Waals surface area contributed by atoms with Gasteiger partial charge in [-0.15, -0.1) is 0 Å². The fourth-order valence-electron chi connectivity index (χ4n) is 4.36. The summed E-state index contributed by atoms with van der Waals surface area (Å²) in [7, 11) is 1.61. The molecule has 0 saturated heterocycles. The summed E-state index contributed by atoms with van der Waals surface area (Å²) in [6.45, 7) is 5.88. The van der Waals surface area contributed by atoms with Crippen LogP contribution in [0.3, 0.4) is 0 Å². The number of aryl methyl sites for hydroxylation is 3. The highest BCUT2D eigenvalue weighted by atomic mass is 16.2. The molecule has 0 fully saturated rings. The van der Waals surface area contributed by atoms with Crippen LogP contribution in [0.5, 0.6) is 0 Å². The maximum Gasteiger partial charge on any atom is 0.243 e. The van der Waals surface area contributed by atoms with E-state index in [1.807, 2.05) is 73.9 Å². The lowest BCUT2D eigenvalue weighted by Crippen LogP contribution is -2.37. The van der Waals surface area contributed by atoms with E-state index in [0.29, 0.717) is 21.8 Å².